The maximum absolute atomic E-state index is 14.4. The maximum Gasteiger partial charge on any atom is 0.171 e. The molecule has 0 saturated carbocycles. The number of rotatable bonds is 11. The number of hydrazine groups is 1. The van der Waals surface area contributed by atoms with Crippen LogP contribution in [0.1, 0.15) is 49.2 Å². The third-order valence-corrected chi connectivity index (χ3v) is 10.6. The summed E-state index contributed by atoms with van der Waals surface area (Å²) in [6, 6.07) is 17.7. The molecule has 0 atom stereocenters. The first-order chi connectivity index (χ1) is 28.0. The second kappa shape index (κ2) is 15.8. The number of pyridine rings is 4. The monoisotopic (exact) mass is 816 g/mol. The van der Waals surface area contributed by atoms with E-state index in [1.807, 2.05) is 55.7 Å². The summed E-state index contributed by atoms with van der Waals surface area (Å²) < 4.78 is 32.8. The van der Waals surface area contributed by atoms with Gasteiger partial charge in [-0.25, -0.2) is 38.7 Å². The van der Waals surface area contributed by atoms with Crippen molar-refractivity contribution >= 4 is 68.3 Å². The predicted molar refractivity (Wildman–Crippen MR) is 228 cm³/mol. The standard InChI is InChI=1S/C44H40Cl2F2N10/c1-7-15-55-38-20-36(48)35(47)19-37(38)53-41(55)29-17-33(45)43(51-21-29)57(31-13-11-27(5)49-23-31)58(32-14-12-28(6)50-24-32)44-34(46)18-30(22-52-44)42-54-39-25(3)9-10-26(4)40(39)56(42)16-8-2/h9-14,17-24H,7-8,15-16H2,1-6H3. The quantitative estimate of drug-likeness (QED) is 0.119. The average Bonchev–Trinajstić information content (AvgIpc) is 3.76. The second-order valence-electron chi connectivity index (χ2n) is 14.3. The van der Waals surface area contributed by atoms with Gasteiger partial charge in [0.2, 0.25) is 0 Å². The summed E-state index contributed by atoms with van der Waals surface area (Å²) in [6.45, 7) is 13.4. The lowest BCUT2D eigenvalue weighted by atomic mass is 10.1. The molecule has 10 nitrogen and oxygen atoms in total. The topological polar surface area (TPSA) is 93.7 Å². The molecule has 58 heavy (non-hydrogen) atoms. The van der Waals surface area contributed by atoms with Crippen molar-refractivity contribution in [3.05, 3.63) is 130 Å². The van der Waals surface area contributed by atoms with Crippen LogP contribution in [0.3, 0.4) is 0 Å². The smallest absolute Gasteiger partial charge is 0.171 e. The predicted octanol–water partition coefficient (Wildman–Crippen LogP) is 11.8. The first kappa shape index (κ1) is 38.9. The minimum Gasteiger partial charge on any atom is -0.324 e. The van der Waals surface area contributed by atoms with Crippen molar-refractivity contribution < 1.29 is 8.78 Å². The molecule has 0 saturated heterocycles. The minimum atomic E-state index is -0.968. The number of halogens is 4. The third kappa shape index (κ3) is 7.00. The molecule has 0 aliphatic carbocycles. The highest BCUT2D eigenvalue weighted by Crippen LogP contribution is 2.42. The lowest BCUT2D eigenvalue weighted by Gasteiger charge is -2.37. The number of fused-ring (bicyclic) bond motifs is 2. The van der Waals surface area contributed by atoms with E-state index in [0.29, 0.717) is 57.0 Å². The van der Waals surface area contributed by atoms with E-state index in [9.17, 15) is 8.78 Å². The van der Waals surface area contributed by atoms with Crippen molar-refractivity contribution in [3.8, 4) is 22.8 Å². The van der Waals surface area contributed by atoms with Gasteiger partial charge >= 0.3 is 0 Å². The molecule has 8 rings (SSSR count). The summed E-state index contributed by atoms with van der Waals surface area (Å²) in [6.07, 6.45) is 8.52. The number of aromatic nitrogens is 8. The Morgan fingerprint density at radius 1 is 0.586 bits per heavy atom. The van der Waals surface area contributed by atoms with Crippen LogP contribution >= 0.6 is 23.2 Å². The van der Waals surface area contributed by atoms with Crippen LogP contribution in [0.2, 0.25) is 10.0 Å². The van der Waals surface area contributed by atoms with E-state index in [2.05, 4.69) is 47.4 Å². The van der Waals surface area contributed by atoms with Gasteiger partial charge in [-0.1, -0.05) is 49.2 Å². The lowest BCUT2D eigenvalue weighted by Crippen LogP contribution is -2.37. The number of aryl methyl sites for hydroxylation is 6. The molecule has 0 spiro atoms. The molecule has 0 aliphatic heterocycles. The van der Waals surface area contributed by atoms with Gasteiger partial charge in [0.05, 0.1) is 55.9 Å². The minimum absolute atomic E-state index is 0.252. The van der Waals surface area contributed by atoms with Gasteiger partial charge in [0.25, 0.3) is 0 Å². The van der Waals surface area contributed by atoms with E-state index >= 15 is 0 Å². The summed E-state index contributed by atoms with van der Waals surface area (Å²) in [7, 11) is 0. The van der Waals surface area contributed by atoms with Gasteiger partial charge < -0.3 is 9.13 Å². The average molecular weight is 818 g/mol. The summed E-state index contributed by atoms with van der Waals surface area (Å²) in [5, 5.41) is 4.19. The molecule has 2 aromatic carbocycles. The Morgan fingerprint density at radius 2 is 1.10 bits per heavy atom. The molecule has 6 heterocycles. The van der Waals surface area contributed by atoms with E-state index < -0.39 is 11.6 Å². The highest BCUT2D eigenvalue weighted by Gasteiger charge is 2.29. The highest BCUT2D eigenvalue weighted by molar-refractivity contribution is 6.34. The molecule has 0 radical (unpaired) electrons. The molecule has 0 fully saturated rings. The first-order valence-corrected chi connectivity index (χ1v) is 19.8. The number of imidazole rings is 2. The number of nitrogens with zero attached hydrogens (tertiary/aromatic N) is 10. The fourth-order valence-corrected chi connectivity index (χ4v) is 7.73. The van der Waals surface area contributed by atoms with Gasteiger partial charge in [0.15, 0.2) is 23.3 Å². The molecule has 6 aromatic heterocycles. The molecular formula is C44H40Cl2F2N10. The van der Waals surface area contributed by atoms with Crippen LogP contribution in [-0.4, -0.2) is 39.0 Å². The molecule has 14 heteroatoms. The Labute approximate surface area is 344 Å². The molecule has 0 unspecified atom stereocenters. The van der Waals surface area contributed by atoms with Crippen LogP contribution in [0.5, 0.6) is 0 Å². The second-order valence-corrected chi connectivity index (χ2v) is 15.1. The molecule has 0 aliphatic rings. The molecule has 0 amide bonds. The fraction of sp³-hybridized carbons (Fsp3) is 0.227. The number of anilines is 4. The Bertz CT molecular complexity index is 2820. The van der Waals surface area contributed by atoms with Crippen molar-refractivity contribution in [3.63, 3.8) is 0 Å². The van der Waals surface area contributed by atoms with Crippen LogP contribution in [0.25, 0.3) is 44.8 Å². The number of hydrogen-bond donors (Lipinski definition) is 0. The maximum atomic E-state index is 14.4. The SMILES string of the molecule is CCCn1c(-c2cnc(N(c3ccc(C)nc3)N(c3ccc(C)nc3)c3ncc(-c4nc5c(C)ccc(C)c5n4CCC)cc3Cl)c(Cl)c2)nc2cc(F)c(F)cc21. The normalized spacial score (nSPS) is 11.6. The lowest BCUT2D eigenvalue weighted by molar-refractivity contribution is 0.510. The van der Waals surface area contributed by atoms with Crippen LogP contribution in [0, 0.1) is 39.3 Å². The van der Waals surface area contributed by atoms with Crippen LogP contribution in [-0.2, 0) is 13.1 Å². The van der Waals surface area contributed by atoms with Crippen LogP contribution in [0.15, 0.2) is 85.5 Å². The third-order valence-electron chi connectivity index (χ3n) is 10.0. The number of benzene rings is 2. The van der Waals surface area contributed by atoms with Crippen molar-refractivity contribution in [2.45, 2.75) is 67.5 Å². The van der Waals surface area contributed by atoms with E-state index in [-0.39, 0.29) is 5.02 Å². The highest BCUT2D eigenvalue weighted by atomic mass is 35.5. The Hall–Kier alpha value is -5.98. The zero-order valence-electron chi connectivity index (χ0n) is 32.9. The molecule has 294 valence electrons. The van der Waals surface area contributed by atoms with Gasteiger partial charge in [-0.15, -0.1) is 0 Å². The summed E-state index contributed by atoms with van der Waals surface area (Å²) in [5.74, 6) is 0.0390. The van der Waals surface area contributed by atoms with E-state index in [1.54, 1.807) is 40.9 Å². The van der Waals surface area contributed by atoms with Crippen molar-refractivity contribution in [1.29, 1.82) is 0 Å². The van der Waals surface area contributed by atoms with Gasteiger partial charge in [-0.05, 0) is 88.1 Å². The summed E-state index contributed by atoms with van der Waals surface area (Å²) >= 11 is 14.6. The Morgan fingerprint density at radius 3 is 1.62 bits per heavy atom. The Kier molecular flexibility index (Phi) is 10.6. The number of hydrogen-bond acceptors (Lipinski definition) is 8. The first-order valence-electron chi connectivity index (χ1n) is 19.1. The van der Waals surface area contributed by atoms with Gasteiger partial charge in [0.1, 0.15) is 11.6 Å². The largest absolute Gasteiger partial charge is 0.324 e. The zero-order chi connectivity index (χ0) is 40.8. The molecule has 0 bridgehead atoms. The van der Waals surface area contributed by atoms with Crippen LogP contribution in [0.4, 0.5) is 31.8 Å². The van der Waals surface area contributed by atoms with Gasteiger partial charge in [-0.2, -0.15) is 0 Å². The van der Waals surface area contributed by atoms with Gasteiger partial charge in [0, 0.05) is 60.1 Å². The van der Waals surface area contributed by atoms with Gasteiger partial charge in [-0.3, -0.25) is 9.97 Å². The summed E-state index contributed by atoms with van der Waals surface area (Å²) in [5.41, 5.74) is 9.25. The summed E-state index contributed by atoms with van der Waals surface area (Å²) in [4.78, 5) is 29.0. The van der Waals surface area contributed by atoms with E-state index in [4.69, 9.17) is 43.1 Å². The van der Waals surface area contributed by atoms with Crippen LogP contribution < -0.4 is 10.0 Å². The Balaban J connectivity index is 1.30. The zero-order valence-corrected chi connectivity index (χ0v) is 34.4. The fourth-order valence-electron chi connectivity index (χ4n) is 7.24. The molecule has 8 aromatic rings. The van der Waals surface area contributed by atoms with Crippen molar-refractivity contribution in [1.82, 2.24) is 39.0 Å². The molecular weight excluding hydrogens is 777 g/mol. The van der Waals surface area contributed by atoms with Crippen molar-refractivity contribution in [2.75, 3.05) is 10.0 Å². The molecule has 0 N–H and O–H groups in total. The van der Waals surface area contributed by atoms with E-state index in [1.165, 1.54) is 6.07 Å². The van der Waals surface area contributed by atoms with Crippen molar-refractivity contribution in [2.24, 2.45) is 0 Å². The van der Waals surface area contributed by atoms with E-state index in [0.717, 1.165) is 70.4 Å².